The van der Waals surface area contributed by atoms with Crippen molar-refractivity contribution in [3.63, 3.8) is 0 Å². The summed E-state index contributed by atoms with van der Waals surface area (Å²) < 4.78 is 0. The van der Waals surface area contributed by atoms with E-state index in [0.29, 0.717) is 11.7 Å². The Balaban J connectivity index is 1.86. The summed E-state index contributed by atoms with van der Waals surface area (Å²) in [7, 11) is 0. The van der Waals surface area contributed by atoms with E-state index >= 15 is 0 Å². The van der Waals surface area contributed by atoms with Crippen LogP contribution in [0.2, 0.25) is 0 Å². The zero-order valence-corrected chi connectivity index (χ0v) is 12.6. The molecule has 0 radical (unpaired) electrons. The smallest absolute Gasteiger partial charge is 0.237 e. The first-order valence-electron chi connectivity index (χ1n) is 6.34. The molecule has 6 heteroatoms. The predicted molar refractivity (Wildman–Crippen MR) is 80.9 cm³/mol. The second kappa shape index (κ2) is 6.09. The van der Waals surface area contributed by atoms with E-state index in [2.05, 4.69) is 53.4 Å². The van der Waals surface area contributed by atoms with Gasteiger partial charge < -0.3 is 0 Å². The normalized spacial score (nSPS) is 11.3. The Bertz CT molecular complexity index is 558. The first-order valence-corrected chi connectivity index (χ1v) is 7.32. The number of rotatable bonds is 4. The lowest BCUT2D eigenvalue weighted by atomic mass is 9.87. The molecule has 2 N–H and O–H groups in total. The first-order chi connectivity index (χ1) is 9.45. The Morgan fingerprint density at radius 1 is 1.30 bits per heavy atom. The van der Waals surface area contributed by atoms with Crippen LogP contribution in [0.15, 0.2) is 35.5 Å². The van der Waals surface area contributed by atoms with Crippen molar-refractivity contribution < 1.29 is 4.79 Å². The molecule has 2 aromatic rings. The zero-order chi connectivity index (χ0) is 14.6. The molecule has 106 valence electrons. The van der Waals surface area contributed by atoms with Crippen molar-refractivity contribution in [3.8, 4) is 0 Å². The van der Waals surface area contributed by atoms with E-state index in [1.807, 2.05) is 12.1 Å². The molecule has 0 saturated heterocycles. The van der Waals surface area contributed by atoms with Crippen LogP contribution in [0.4, 0.5) is 5.95 Å². The summed E-state index contributed by atoms with van der Waals surface area (Å²) >= 11 is 1.50. The van der Waals surface area contributed by atoms with Gasteiger partial charge in [0.1, 0.15) is 6.33 Å². The number of anilines is 1. The number of benzene rings is 1. The van der Waals surface area contributed by atoms with Crippen molar-refractivity contribution >= 4 is 23.6 Å². The van der Waals surface area contributed by atoms with Crippen LogP contribution >= 0.6 is 11.8 Å². The molecule has 0 aliphatic rings. The van der Waals surface area contributed by atoms with Gasteiger partial charge in [0.2, 0.25) is 11.9 Å². The zero-order valence-electron chi connectivity index (χ0n) is 11.8. The van der Waals surface area contributed by atoms with Crippen LogP contribution in [0.1, 0.15) is 26.3 Å². The van der Waals surface area contributed by atoms with Crippen LogP contribution in [-0.2, 0) is 10.2 Å². The lowest BCUT2D eigenvalue weighted by Gasteiger charge is -2.19. The molecule has 0 bridgehead atoms. The second-order valence-corrected chi connectivity index (χ2v) is 6.49. The average Bonchev–Trinajstić information content (AvgIpc) is 2.88. The van der Waals surface area contributed by atoms with Crippen molar-refractivity contribution in [1.82, 2.24) is 15.2 Å². The van der Waals surface area contributed by atoms with Crippen LogP contribution < -0.4 is 5.32 Å². The number of hydrogen-bond acceptors (Lipinski definition) is 4. The fourth-order valence-corrected chi connectivity index (χ4v) is 2.33. The van der Waals surface area contributed by atoms with Gasteiger partial charge in [0.25, 0.3) is 0 Å². The molecular weight excluding hydrogens is 272 g/mol. The third-order valence-electron chi connectivity index (χ3n) is 2.76. The predicted octanol–water partition coefficient (Wildman–Crippen LogP) is 2.83. The summed E-state index contributed by atoms with van der Waals surface area (Å²) in [6.07, 6.45) is 1.36. The molecule has 2 rings (SSSR count). The van der Waals surface area contributed by atoms with Gasteiger partial charge in [-0.05, 0) is 23.1 Å². The van der Waals surface area contributed by atoms with Crippen molar-refractivity contribution in [2.45, 2.75) is 31.1 Å². The Hall–Kier alpha value is -1.82. The van der Waals surface area contributed by atoms with Crippen LogP contribution in [0.25, 0.3) is 0 Å². The number of hydrogen-bond donors (Lipinski definition) is 2. The number of nitrogens with zero attached hydrogens (tertiary/aromatic N) is 2. The van der Waals surface area contributed by atoms with E-state index < -0.39 is 0 Å². The van der Waals surface area contributed by atoms with Gasteiger partial charge in [-0.3, -0.25) is 10.1 Å². The van der Waals surface area contributed by atoms with Crippen molar-refractivity contribution in [2.75, 3.05) is 11.1 Å². The summed E-state index contributed by atoms with van der Waals surface area (Å²) in [5, 5.41) is 8.90. The molecule has 1 heterocycles. The highest BCUT2D eigenvalue weighted by molar-refractivity contribution is 8.00. The molecule has 0 aliphatic carbocycles. The Morgan fingerprint density at radius 2 is 2.00 bits per heavy atom. The molecule has 0 aliphatic heterocycles. The molecule has 0 fully saturated rings. The number of aromatic amines is 1. The summed E-state index contributed by atoms with van der Waals surface area (Å²) in [6, 6.07) is 8.31. The van der Waals surface area contributed by atoms with Gasteiger partial charge in [-0.25, -0.2) is 5.10 Å². The molecule has 0 unspecified atom stereocenters. The minimum atomic E-state index is -0.105. The van der Waals surface area contributed by atoms with Gasteiger partial charge >= 0.3 is 0 Å². The second-order valence-electron chi connectivity index (χ2n) is 5.45. The molecule has 5 nitrogen and oxygen atoms in total. The monoisotopic (exact) mass is 290 g/mol. The average molecular weight is 290 g/mol. The summed E-state index contributed by atoms with van der Waals surface area (Å²) in [5.74, 6) is 0.612. The number of aromatic nitrogens is 3. The maximum Gasteiger partial charge on any atom is 0.237 e. The third-order valence-corrected chi connectivity index (χ3v) is 3.78. The van der Waals surface area contributed by atoms with E-state index in [1.165, 1.54) is 23.7 Å². The Kier molecular flexibility index (Phi) is 4.44. The van der Waals surface area contributed by atoms with Crippen LogP contribution in [-0.4, -0.2) is 26.8 Å². The number of nitrogens with one attached hydrogen (secondary N) is 2. The summed E-state index contributed by atoms with van der Waals surface area (Å²) in [4.78, 5) is 16.6. The van der Waals surface area contributed by atoms with Gasteiger partial charge in [0.05, 0.1) is 5.75 Å². The largest absolute Gasteiger partial charge is 0.294 e. The molecule has 1 amide bonds. The molecule has 1 aromatic heterocycles. The maximum atomic E-state index is 11.7. The van der Waals surface area contributed by atoms with E-state index in [0.717, 1.165) is 4.90 Å². The fraction of sp³-hybridized carbons (Fsp3) is 0.357. The van der Waals surface area contributed by atoms with E-state index in [9.17, 15) is 4.79 Å². The number of H-pyrrole nitrogens is 1. The molecule has 0 saturated carbocycles. The van der Waals surface area contributed by atoms with Gasteiger partial charge in [0, 0.05) is 4.90 Å². The van der Waals surface area contributed by atoms with E-state index in [4.69, 9.17) is 0 Å². The third kappa shape index (κ3) is 4.09. The number of carbonyl (C=O) groups excluding carboxylic acids is 1. The van der Waals surface area contributed by atoms with Gasteiger partial charge in [-0.2, -0.15) is 10.1 Å². The van der Waals surface area contributed by atoms with Gasteiger partial charge in [-0.1, -0.05) is 32.9 Å². The van der Waals surface area contributed by atoms with E-state index in [-0.39, 0.29) is 11.3 Å². The van der Waals surface area contributed by atoms with Gasteiger partial charge in [0.15, 0.2) is 0 Å². The van der Waals surface area contributed by atoms with Crippen molar-refractivity contribution in [2.24, 2.45) is 0 Å². The number of amides is 1. The lowest BCUT2D eigenvalue weighted by molar-refractivity contribution is -0.113. The first kappa shape index (κ1) is 14.6. The molecular formula is C14H18N4OS. The summed E-state index contributed by atoms with van der Waals surface area (Å²) in [5.41, 5.74) is 1.43. The fourth-order valence-electron chi connectivity index (χ4n) is 1.63. The molecule has 1 aromatic carbocycles. The van der Waals surface area contributed by atoms with Crippen LogP contribution in [0.5, 0.6) is 0 Å². The quantitative estimate of drug-likeness (QED) is 0.849. The highest BCUT2D eigenvalue weighted by Gasteiger charge is 2.13. The minimum absolute atomic E-state index is 0.105. The Morgan fingerprint density at radius 3 is 2.55 bits per heavy atom. The highest BCUT2D eigenvalue weighted by atomic mass is 32.2. The highest BCUT2D eigenvalue weighted by Crippen LogP contribution is 2.25. The van der Waals surface area contributed by atoms with Crippen molar-refractivity contribution in [3.05, 3.63) is 36.2 Å². The van der Waals surface area contributed by atoms with Gasteiger partial charge in [-0.15, -0.1) is 11.8 Å². The maximum absolute atomic E-state index is 11.7. The molecule has 0 atom stereocenters. The lowest BCUT2D eigenvalue weighted by Crippen LogP contribution is -2.15. The topological polar surface area (TPSA) is 70.7 Å². The molecule has 0 spiro atoms. The number of thioether (sulfide) groups is 1. The van der Waals surface area contributed by atoms with Crippen LogP contribution in [0.3, 0.4) is 0 Å². The Labute approximate surface area is 122 Å². The van der Waals surface area contributed by atoms with Crippen LogP contribution in [0, 0.1) is 0 Å². The standard InChI is InChI=1S/C14H18N4OS/c1-14(2,3)10-4-6-11(7-5-10)20-8-12(19)17-13-15-9-16-18-13/h4-7,9H,8H2,1-3H3,(H2,15,16,17,18,19). The van der Waals surface area contributed by atoms with E-state index in [1.54, 1.807) is 0 Å². The SMILES string of the molecule is CC(C)(C)c1ccc(SCC(=O)Nc2ncn[nH]2)cc1. The molecule has 20 heavy (non-hydrogen) atoms. The number of carbonyl (C=O) groups is 1. The van der Waals surface area contributed by atoms with Crippen molar-refractivity contribution in [1.29, 1.82) is 0 Å². The minimum Gasteiger partial charge on any atom is -0.294 e. The summed E-state index contributed by atoms with van der Waals surface area (Å²) in [6.45, 7) is 6.54.